The molecule has 450 valence electrons. The molecule has 3 fully saturated rings. The fraction of sp³-hybridized carbons (Fsp3) is 0.267. The van der Waals surface area contributed by atoms with Crippen molar-refractivity contribution in [3.8, 4) is 29.7 Å². The Morgan fingerprint density at radius 1 is 0.607 bits per heavy atom. The third-order valence-electron chi connectivity index (χ3n) is 13.9. The zero-order valence-corrected chi connectivity index (χ0v) is 51.9. The summed E-state index contributed by atoms with van der Waals surface area (Å²) in [6.07, 6.45) is 13.1. The molecular weight excluding hydrogens is 1270 g/mol. The van der Waals surface area contributed by atoms with Gasteiger partial charge in [-0.15, -0.1) is 4.98 Å². The normalized spacial score (nSPS) is 13.9. The second-order valence-electron chi connectivity index (χ2n) is 20.5. The summed E-state index contributed by atoms with van der Waals surface area (Å²) >= 11 is 21.5. The van der Waals surface area contributed by atoms with E-state index in [1.165, 1.54) is 25.7 Å². The fourth-order valence-electron chi connectivity index (χ4n) is 9.29. The van der Waals surface area contributed by atoms with Crippen molar-refractivity contribution < 1.29 is 19.1 Å². The zero-order chi connectivity index (χ0) is 63.6. The molecule has 5 aliphatic rings. The Morgan fingerprint density at radius 3 is 1.49 bits per heavy atom. The molecule has 8 N–H and O–H groups in total. The number of halogens is 4. The van der Waals surface area contributed by atoms with Crippen molar-refractivity contribution in [2.24, 2.45) is 0 Å². The largest absolute Gasteiger partial charge is 0.493 e. The molecule has 0 unspecified atom stereocenters. The monoisotopic (exact) mass is 1320 g/mol. The first-order valence-electron chi connectivity index (χ1n) is 27.2. The Bertz CT molecular complexity index is 4160. The minimum atomic E-state index is -0.101. The average Bonchev–Trinajstić information content (AvgIpc) is 2.14. The molecule has 13 rings (SSSR count). The van der Waals surface area contributed by atoms with E-state index in [1.807, 2.05) is 42.5 Å². The maximum absolute atomic E-state index is 12.8. The van der Waals surface area contributed by atoms with E-state index in [4.69, 9.17) is 88.8 Å². The second-order valence-corrected chi connectivity index (χ2v) is 22.5. The van der Waals surface area contributed by atoms with E-state index in [2.05, 4.69) is 76.3 Å². The lowest BCUT2D eigenvalue weighted by atomic mass is 10.1. The number of carbonyl (C=O) groups excluding carboxylic acids is 2. The number of hydrogen-bond acceptors (Lipinski definition) is 22. The molecule has 8 aromatic rings. The molecule has 29 heteroatoms. The van der Waals surface area contributed by atoms with Gasteiger partial charge >= 0.3 is 0 Å². The highest BCUT2D eigenvalue weighted by Crippen LogP contribution is 2.44. The number of rotatable bonds is 11. The molecule has 25 nitrogen and oxygen atoms in total. The number of hydrogen-bond donors (Lipinski definition) is 5. The number of pyridine rings is 2. The molecule has 2 aliphatic heterocycles. The highest BCUT2D eigenvalue weighted by Gasteiger charge is 2.34. The van der Waals surface area contributed by atoms with Gasteiger partial charge in [0.15, 0.2) is 34.3 Å². The van der Waals surface area contributed by atoms with Gasteiger partial charge in [-0.05, 0) is 96.8 Å². The van der Waals surface area contributed by atoms with Crippen LogP contribution < -0.4 is 37.3 Å². The zero-order valence-electron chi connectivity index (χ0n) is 48.1. The smallest absolute Gasteiger partial charge is 0.291 e. The van der Waals surface area contributed by atoms with Gasteiger partial charge in [0, 0.05) is 25.9 Å². The third-order valence-corrected chi connectivity index (χ3v) is 15.3. The van der Waals surface area contributed by atoms with Gasteiger partial charge in [0.05, 0.1) is 137 Å². The number of nitrogens with two attached hydrogens (primary N) is 3. The van der Waals surface area contributed by atoms with Crippen molar-refractivity contribution in [1.82, 2.24) is 59.6 Å². The topological polar surface area (TPSA) is 366 Å². The number of aromatic nitrogens is 10. The van der Waals surface area contributed by atoms with Crippen molar-refractivity contribution >= 4 is 109 Å². The van der Waals surface area contributed by atoms with Crippen LogP contribution in [0.3, 0.4) is 0 Å². The van der Waals surface area contributed by atoms with Crippen molar-refractivity contribution in [1.29, 1.82) is 15.8 Å². The van der Waals surface area contributed by atoms with Crippen molar-refractivity contribution in [2.75, 3.05) is 56.1 Å². The number of methoxy groups -OCH3 is 2. The molecule has 2 amide bonds. The van der Waals surface area contributed by atoms with Gasteiger partial charge in [0.25, 0.3) is 17.6 Å². The molecule has 0 spiro atoms. The number of carbonyl (C=O) groups is 2. The molecule has 3 aliphatic carbocycles. The standard InChI is InChI=1S/C24H21ClN6O2.C15H13Cl2N3O2.2C8H8N4.C5H3BrN4/c1-26-23-21(13-7-8-13)27-11-15(29-23)9-14-10-18(20-19(28-14)12-31(2)24(20)32)30-17-6-4-5-16(25)22(17)33-3;1-20-7-11-13(15(20)21)10(6-12(17)19-11)18-9-5-3-4-8(16)14(9)22-2;2*9-3-6-8(5-1-2-5)11-4-7(10)12-6;6-5-3(1-7)10-4(8)2-9-5/h4-6,10-11,13H,7-9,12H2,2-3H3,(H,28,30);3-6H,7H2,1-2H3,(H,18,19);2*4-5H,1-2H2,(H2,10,12);2H,(H2,8,10). The molecule has 0 saturated heterocycles. The summed E-state index contributed by atoms with van der Waals surface area (Å²) < 4.78 is 11.2. The van der Waals surface area contributed by atoms with Crippen LogP contribution >= 0.6 is 50.7 Å². The predicted molar refractivity (Wildman–Crippen MR) is 336 cm³/mol. The van der Waals surface area contributed by atoms with Crippen LogP contribution in [0.15, 0.2) is 77.9 Å². The quantitative estimate of drug-likeness (QED) is 0.0593. The Balaban J connectivity index is 0.000000144. The van der Waals surface area contributed by atoms with Crippen LogP contribution in [0.1, 0.15) is 134 Å². The van der Waals surface area contributed by atoms with E-state index >= 15 is 0 Å². The molecule has 8 heterocycles. The Morgan fingerprint density at radius 2 is 1.04 bits per heavy atom. The number of nitrogens with one attached hydrogen (secondary N) is 2. The number of fused-ring (bicyclic) bond motifs is 2. The van der Waals surface area contributed by atoms with Crippen LogP contribution in [0.2, 0.25) is 15.2 Å². The highest BCUT2D eigenvalue weighted by atomic mass is 79.9. The number of ether oxygens (including phenoxy) is 2. The van der Waals surface area contributed by atoms with Crippen molar-refractivity contribution in [2.45, 2.75) is 75.8 Å². The first kappa shape index (κ1) is 63.4. The molecule has 3 saturated carbocycles. The van der Waals surface area contributed by atoms with Crippen LogP contribution in [-0.4, -0.2) is 99.8 Å². The van der Waals surface area contributed by atoms with Gasteiger partial charge in [-0.25, -0.2) is 24.9 Å². The number of anilines is 7. The summed E-state index contributed by atoms with van der Waals surface area (Å²) in [5.74, 6) is 3.32. The molecular formula is C60H53BrCl3N21O4. The minimum absolute atomic E-state index is 0.0948. The Labute approximate surface area is 534 Å². The van der Waals surface area contributed by atoms with Crippen molar-refractivity contribution in [3.63, 3.8) is 0 Å². The fourth-order valence-corrected chi connectivity index (χ4v) is 10.3. The van der Waals surface area contributed by atoms with Crippen molar-refractivity contribution in [3.05, 3.63) is 173 Å². The van der Waals surface area contributed by atoms with Gasteiger partial charge in [-0.1, -0.05) is 53.5 Å². The van der Waals surface area contributed by atoms with E-state index in [0.29, 0.717) is 148 Å². The van der Waals surface area contributed by atoms with Gasteiger partial charge < -0.3 is 52.0 Å². The maximum atomic E-state index is 12.8. The molecule has 2 aromatic carbocycles. The van der Waals surface area contributed by atoms with E-state index in [1.54, 1.807) is 61.5 Å². The highest BCUT2D eigenvalue weighted by molar-refractivity contribution is 9.10. The molecule has 89 heavy (non-hydrogen) atoms. The number of para-hydroxylation sites is 2. The molecule has 6 aromatic heterocycles. The summed E-state index contributed by atoms with van der Waals surface area (Å²) in [6.45, 7) is 8.33. The van der Waals surface area contributed by atoms with E-state index in [-0.39, 0.29) is 23.3 Å². The number of nitriles is 3. The van der Waals surface area contributed by atoms with E-state index in [9.17, 15) is 9.59 Å². The van der Waals surface area contributed by atoms with Crippen LogP contribution in [0.25, 0.3) is 4.85 Å². The molecule has 0 atom stereocenters. The van der Waals surface area contributed by atoms with Crippen LogP contribution in [0, 0.1) is 40.6 Å². The van der Waals surface area contributed by atoms with Gasteiger partial charge in [-0.3, -0.25) is 29.5 Å². The van der Waals surface area contributed by atoms with Crippen LogP contribution in [0.4, 0.5) is 46.0 Å². The van der Waals surface area contributed by atoms with Gasteiger partial charge in [0.1, 0.15) is 45.4 Å². The van der Waals surface area contributed by atoms with Crippen LogP contribution in [-0.2, 0) is 19.5 Å². The number of benzene rings is 2. The lowest BCUT2D eigenvalue weighted by Gasteiger charge is -2.15. The third kappa shape index (κ3) is 15.4. The number of nitrogen functional groups attached to an aromatic ring is 3. The summed E-state index contributed by atoms with van der Waals surface area (Å²) in [5, 5.41) is 33.6. The SMILES string of the molecule is COc1c(Cl)cccc1Nc1cc(Cl)nc2c1C(=O)N(C)C2.N#Cc1nc(N)cnc1Br.N#Cc1nc(N)cnc1C1CC1.N#Cc1nc(N)cnc1C1CC1.[C-]#[N+]c1nc(Cc2cc(Nc3cccc(Cl)c3OC)c3c(n2)CN(C)C3=O)cnc1C1CC1. The second kappa shape index (κ2) is 28.2. The average molecular weight is 1320 g/mol. The van der Waals surface area contributed by atoms with Gasteiger partial charge in [-0.2, -0.15) is 15.8 Å². The first-order chi connectivity index (χ1) is 42.8. The first-order valence-corrected chi connectivity index (χ1v) is 29.2. The van der Waals surface area contributed by atoms with E-state index in [0.717, 1.165) is 61.3 Å². The van der Waals surface area contributed by atoms with Gasteiger partial charge in [0.2, 0.25) is 0 Å². The maximum Gasteiger partial charge on any atom is 0.291 e. The lowest BCUT2D eigenvalue weighted by Crippen LogP contribution is -2.18. The summed E-state index contributed by atoms with van der Waals surface area (Å²) in [5.41, 5.74) is 25.8. The number of nitrogens with zero attached hydrogens (tertiary/aromatic N) is 16. The van der Waals surface area contributed by atoms with E-state index < -0.39 is 0 Å². The van der Waals surface area contributed by atoms with Crippen LogP contribution in [0.5, 0.6) is 11.5 Å². The lowest BCUT2D eigenvalue weighted by molar-refractivity contribution is 0.0809. The predicted octanol–water partition coefficient (Wildman–Crippen LogP) is 10.9. The number of amides is 2. The Hall–Kier alpha value is -10.1. The summed E-state index contributed by atoms with van der Waals surface area (Å²) in [7, 11) is 6.56. The summed E-state index contributed by atoms with van der Waals surface area (Å²) in [4.78, 5) is 73.4. The molecule has 0 radical (unpaired) electrons. The molecule has 0 bridgehead atoms. The minimum Gasteiger partial charge on any atom is -0.493 e. The summed E-state index contributed by atoms with van der Waals surface area (Å²) in [6, 6.07) is 20.0. The Kier molecular flexibility index (Phi) is 20.1.